The molecule has 1 rings (SSSR count). The summed E-state index contributed by atoms with van der Waals surface area (Å²) in [5.41, 5.74) is 0. The molecular formula is C9H17IN2O2S. The lowest BCUT2D eigenvalue weighted by molar-refractivity contribution is -0.122. The van der Waals surface area contributed by atoms with Crippen LogP contribution in [0.15, 0.2) is 0 Å². The van der Waals surface area contributed by atoms with Gasteiger partial charge in [0.05, 0.1) is 6.61 Å². The number of thiol groups is 1. The highest BCUT2D eigenvalue weighted by atomic mass is 127. The predicted molar refractivity (Wildman–Crippen MR) is 70.9 cm³/mol. The molecule has 0 aromatic rings. The van der Waals surface area contributed by atoms with Gasteiger partial charge in [-0.3, -0.25) is 4.79 Å². The summed E-state index contributed by atoms with van der Waals surface area (Å²) in [6, 6.07) is 0. The highest BCUT2D eigenvalue weighted by Crippen LogP contribution is 2.22. The Morgan fingerprint density at radius 1 is 1.53 bits per heavy atom. The van der Waals surface area contributed by atoms with Gasteiger partial charge >= 0.3 is 0 Å². The van der Waals surface area contributed by atoms with E-state index in [2.05, 4.69) is 48.4 Å². The van der Waals surface area contributed by atoms with E-state index in [1.165, 1.54) is 0 Å². The zero-order chi connectivity index (χ0) is 11.1. The maximum atomic E-state index is 11.5. The van der Waals surface area contributed by atoms with E-state index in [4.69, 9.17) is 0 Å². The van der Waals surface area contributed by atoms with Gasteiger partial charge in [-0.05, 0) is 31.7 Å². The molecule has 0 aliphatic carbocycles. The van der Waals surface area contributed by atoms with Gasteiger partial charge in [-0.25, -0.2) is 3.11 Å². The van der Waals surface area contributed by atoms with Crippen molar-refractivity contribution in [2.75, 3.05) is 26.2 Å². The van der Waals surface area contributed by atoms with Gasteiger partial charge in [-0.2, -0.15) is 0 Å². The van der Waals surface area contributed by atoms with Crippen molar-refractivity contribution < 1.29 is 8.98 Å². The molecular weight excluding hydrogens is 327 g/mol. The Bertz CT molecular complexity index is 199. The molecule has 1 heterocycles. The number of hydrogen-bond donors (Lipinski definition) is 2. The highest BCUT2D eigenvalue weighted by Gasteiger charge is 2.19. The number of piperidine rings is 1. The molecule has 88 valence electrons. The minimum Gasteiger partial charge on any atom is -0.354 e. The Kier molecular flexibility index (Phi) is 6.94. The van der Waals surface area contributed by atoms with Crippen molar-refractivity contribution >= 4 is 41.7 Å². The first-order chi connectivity index (χ1) is 7.22. The second-order valence-electron chi connectivity index (χ2n) is 3.74. The molecule has 1 aliphatic rings. The van der Waals surface area contributed by atoms with E-state index in [1.54, 1.807) is 0 Å². The van der Waals surface area contributed by atoms with E-state index in [-0.39, 0.29) is 5.91 Å². The van der Waals surface area contributed by atoms with Crippen LogP contribution in [0.1, 0.15) is 19.3 Å². The summed E-state index contributed by atoms with van der Waals surface area (Å²) in [5.74, 6) is 0.681. The molecule has 15 heavy (non-hydrogen) atoms. The number of amides is 1. The van der Waals surface area contributed by atoms with Crippen molar-refractivity contribution in [3.63, 3.8) is 0 Å². The Morgan fingerprint density at radius 3 is 2.80 bits per heavy atom. The average Bonchev–Trinajstić information content (AvgIpc) is 2.22. The quantitative estimate of drug-likeness (QED) is 0.261. The summed E-state index contributed by atoms with van der Waals surface area (Å²) in [6.07, 6.45) is 2.90. The molecule has 0 saturated carbocycles. The monoisotopic (exact) mass is 344 g/mol. The number of rotatable bonds is 5. The minimum atomic E-state index is 0.132. The molecule has 1 fully saturated rings. The number of halogens is 1. The van der Waals surface area contributed by atoms with Crippen molar-refractivity contribution in [3.05, 3.63) is 0 Å². The van der Waals surface area contributed by atoms with Gasteiger partial charge in [0.25, 0.3) is 0 Å². The molecule has 4 nitrogen and oxygen atoms in total. The van der Waals surface area contributed by atoms with Gasteiger partial charge in [-0.1, -0.05) is 0 Å². The topological polar surface area (TPSA) is 41.6 Å². The summed E-state index contributed by atoms with van der Waals surface area (Å²) in [7, 11) is 0. The molecule has 6 heteroatoms. The van der Waals surface area contributed by atoms with E-state index in [9.17, 15) is 4.79 Å². The first-order valence-electron chi connectivity index (χ1n) is 5.16. The van der Waals surface area contributed by atoms with E-state index >= 15 is 0 Å². The lowest BCUT2D eigenvalue weighted by Crippen LogP contribution is -2.32. The van der Waals surface area contributed by atoms with E-state index in [0.29, 0.717) is 25.5 Å². The third kappa shape index (κ3) is 5.94. The van der Waals surface area contributed by atoms with E-state index < -0.39 is 0 Å². The predicted octanol–water partition coefficient (Wildman–Crippen LogP) is 1.42. The molecule has 0 atom stereocenters. The van der Waals surface area contributed by atoms with Crippen LogP contribution in [0.3, 0.4) is 0 Å². The van der Waals surface area contributed by atoms with Crippen LogP contribution in [0.4, 0.5) is 0 Å². The number of nitrogens with one attached hydrogen (secondary N) is 1. The number of hydrogen-bond acceptors (Lipinski definition) is 4. The van der Waals surface area contributed by atoms with Crippen molar-refractivity contribution in [2.45, 2.75) is 19.3 Å². The van der Waals surface area contributed by atoms with E-state index in [0.717, 1.165) is 25.9 Å². The Hall–Kier alpha value is 0.470. The van der Waals surface area contributed by atoms with Crippen LogP contribution in [-0.2, 0) is 8.98 Å². The summed E-state index contributed by atoms with van der Waals surface area (Å²) < 4.78 is 6.85. The average molecular weight is 344 g/mol. The molecule has 0 bridgehead atoms. The van der Waals surface area contributed by atoms with Crippen LogP contribution in [0.5, 0.6) is 0 Å². The van der Waals surface area contributed by atoms with Gasteiger partial charge in [0.1, 0.15) is 0 Å². The summed E-state index contributed by atoms with van der Waals surface area (Å²) in [5, 5.41) is 2.81. The Labute approximate surface area is 110 Å². The fraction of sp³-hybridized carbons (Fsp3) is 0.889. The fourth-order valence-electron chi connectivity index (χ4n) is 1.68. The number of carbonyl (C=O) groups is 1. The van der Waals surface area contributed by atoms with E-state index in [1.807, 2.05) is 0 Å². The van der Waals surface area contributed by atoms with Crippen LogP contribution in [0, 0.1) is 5.92 Å². The second-order valence-corrected chi connectivity index (χ2v) is 5.36. The van der Waals surface area contributed by atoms with Crippen LogP contribution >= 0.6 is 35.8 Å². The lowest BCUT2D eigenvalue weighted by atomic mass is 9.94. The first-order valence-corrected chi connectivity index (χ1v) is 6.49. The number of nitrogens with zero attached hydrogens (tertiary/aromatic N) is 1. The molecule has 0 spiro atoms. The van der Waals surface area contributed by atoms with Crippen molar-refractivity contribution in [3.8, 4) is 0 Å². The van der Waals surface area contributed by atoms with Gasteiger partial charge in [0.2, 0.25) is 5.91 Å². The molecule has 1 amide bonds. The molecule has 1 N–H and O–H groups in total. The van der Waals surface area contributed by atoms with Crippen molar-refractivity contribution in [2.24, 2.45) is 5.92 Å². The molecule has 1 aliphatic heterocycles. The van der Waals surface area contributed by atoms with Crippen LogP contribution < -0.4 is 5.32 Å². The smallest absolute Gasteiger partial charge is 0.220 e. The van der Waals surface area contributed by atoms with Crippen LogP contribution in [-0.4, -0.2) is 35.3 Å². The zero-order valence-electron chi connectivity index (χ0n) is 8.62. The van der Waals surface area contributed by atoms with Crippen molar-refractivity contribution in [1.82, 2.24) is 8.43 Å². The normalized spacial score (nSPS) is 19.1. The Balaban J connectivity index is 2.09. The van der Waals surface area contributed by atoms with Gasteiger partial charge < -0.3 is 9.50 Å². The molecule has 0 aromatic carbocycles. The zero-order valence-corrected chi connectivity index (χ0v) is 11.7. The third-order valence-electron chi connectivity index (χ3n) is 2.55. The van der Waals surface area contributed by atoms with Crippen LogP contribution in [0.2, 0.25) is 0 Å². The Morgan fingerprint density at radius 2 is 2.20 bits per heavy atom. The summed E-state index contributed by atoms with van der Waals surface area (Å²) >= 11 is 5.94. The standard InChI is InChI=1S/C9H17IN2O2S/c10-12-4-1-8(2-5-12)7-9(13)11-3-6-14-15/h8,15H,1-7H2,(H,11,13). The molecule has 0 radical (unpaired) electrons. The summed E-state index contributed by atoms with van der Waals surface area (Å²) in [4.78, 5) is 11.5. The fourth-order valence-corrected chi connectivity index (χ4v) is 2.32. The van der Waals surface area contributed by atoms with Gasteiger partial charge in [0, 0.05) is 48.9 Å². The van der Waals surface area contributed by atoms with Crippen molar-refractivity contribution in [1.29, 1.82) is 0 Å². The second kappa shape index (κ2) is 7.70. The lowest BCUT2D eigenvalue weighted by Gasteiger charge is -2.26. The largest absolute Gasteiger partial charge is 0.354 e. The first kappa shape index (κ1) is 13.5. The third-order valence-corrected chi connectivity index (χ3v) is 3.70. The maximum absolute atomic E-state index is 11.5. The minimum absolute atomic E-state index is 0.132. The molecule has 0 aromatic heterocycles. The highest BCUT2D eigenvalue weighted by molar-refractivity contribution is 14.1. The SMILES string of the molecule is O=C(CC1CCN(I)CC1)NCCOS. The van der Waals surface area contributed by atoms with Gasteiger partial charge in [0.15, 0.2) is 0 Å². The summed E-state index contributed by atoms with van der Waals surface area (Å²) in [6.45, 7) is 3.20. The van der Waals surface area contributed by atoms with Crippen LogP contribution in [0.25, 0.3) is 0 Å². The van der Waals surface area contributed by atoms with Gasteiger partial charge in [-0.15, -0.1) is 0 Å². The molecule has 0 unspecified atom stereocenters. The molecule has 1 saturated heterocycles. The maximum Gasteiger partial charge on any atom is 0.220 e. The number of carbonyl (C=O) groups excluding carboxylic acids is 1.